The number of hydrogen-bond acceptors (Lipinski definition) is 5. The molecule has 1 saturated heterocycles. The average molecular weight is 555 g/mol. The molecule has 6 nitrogen and oxygen atoms in total. The van der Waals surface area contributed by atoms with Crippen LogP contribution in [0.5, 0.6) is 0 Å². The van der Waals surface area contributed by atoms with Crippen molar-refractivity contribution in [2.24, 2.45) is 0 Å². The molecule has 10 heteroatoms. The number of rotatable bonds is 5. The molecule has 1 amide bonds. The number of para-hydroxylation sites is 1. The van der Waals surface area contributed by atoms with Crippen LogP contribution < -0.4 is 0 Å². The van der Waals surface area contributed by atoms with E-state index in [2.05, 4.69) is 4.98 Å². The highest BCUT2D eigenvalue weighted by atomic mass is 32.2. The van der Waals surface area contributed by atoms with Crippen molar-refractivity contribution in [3.8, 4) is 0 Å². The van der Waals surface area contributed by atoms with Crippen LogP contribution in [0.2, 0.25) is 0 Å². The zero-order chi connectivity index (χ0) is 27.8. The van der Waals surface area contributed by atoms with Gasteiger partial charge in [0.1, 0.15) is 0 Å². The van der Waals surface area contributed by atoms with Gasteiger partial charge in [-0.1, -0.05) is 48.5 Å². The first-order valence-electron chi connectivity index (χ1n) is 12.3. The third kappa shape index (κ3) is 5.39. The number of sulfone groups is 1. The first-order chi connectivity index (χ1) is 18.5. The third-order valence-electron chi connectivity index (χ3n) is 7.10. The second-order valence-electron chi connectivity index (χ2n) is 9.65. The summed E-state index contributed by atoms with van der Waals surface area (Å²) in [5.41, 5.74) is -1.54. The Hall–Kier alpha value is -3.76. The molecule has 39 heavy (non-hydrogen) atoms. The summed E-state index contributed by atoms with van der Waals surface area (Å²) < 4.78 is 66.7. The van der Waals surface area contributed by atoms with Gasteiger partial charge < -0.3 is 10.0 Å². The Balaban J connectivity index is 1.28. The van der Waals surface area contributed by atoms with Gasteiger partial charge in [0.15, 0.2) is 9.84 Å². The van der Waals surface area contributed by atoms with Crippen LogP contribution in [0.15, 0.2) is 90.0 Å². The molecule has 1 aliphatic rings. The number of hydrogen-bond donors (Lipinski definition) is 1. The van der Waals surface area contributed by atoms with Gasteiger partial charge in [0.25, 0.3) is 5.91 Å². The number of carbonyl (C=O) groups excluding carboxylic acids is 1. The molecule has 1 aliphatic heterocycles. The van der Waals surface area contributed by atoms with Crippen molar-refractivity contribution in [1.29, 1.82) is 0 Å². The van der Waals surface area contributed by atoms with E-state index in [-0.39, 0.29) is 48.1 Å². The van der Waals surface area contributed by atoms with Gasteiger partial charge in [0.2, 0.25) is 0 Å². The van der Waals surface area contributed by atoms with Crippen molar-refractivity contribution in [2.45, 2.75) is 35.3 Å². The molecule has 0 aliphatic carbocycles. The predicted molar refractivity (Wildman–Crippen MR) is 140 cm³/mol. The SMILES string of the molecule is O=C(c1ccc(CS(=O)(=O)c2cccc3cccnc23)cc1)N1CCC(O)(c2ccccc2C(F)(F)F)CC1. The summed E-state index contributed by atoms with van der Waals surface area (Å²) >= 11 is 0. The molecule has 0 radical (unpaired) electrons. The number of benzene rings is 3. The lowest BCUT2D eigenvalue weighted by atomic mass is 9.81. The molecule has 4 aromatic rings. The summed E-state index contributed by atoms with van der Waals surface area (Å²) in [6.45, 7) is 0.150. The van der Waals surface area contributed by atoms with Crippen molar-refractivity contribution < 1.29 is 31.5 Å². The number of likely N-dealkylation sites (tertiary alicyclic amines) is 1. The number of nitrogens with zero attached hydrogens (tertiary/aromatic N) is 2. The first kappa shape index (κ1) is 26.8. The first-order valence-corrected chi connectivity index (χ1v) is 14.0. The highest BCUT2D eigenvalue weighted by Gasteiger charge is 2.42. The lowest BCUT2D eigenvalue weighted by molar-refractivity contribution is -0.141. The molecule has 0 spiro atoms. The van der Waals surface area contributed by atoms with Crippen molar-refractivity contribution in [3.05, 3.63) is 107 Å². The molecule has 5 rings (SSSR count). The molecule has 1 fully saturated rings. The van der Waals surface area contributed by atoms with Crippen molar-refractivity contribution in [3.63, 3.8) is 0 Å². The second kappa shape index (κ2) is 10.1. The van der Waals surface area contributed by atoms with E-state index in [1.807, 2.05) is 0 Å². The summed E-state index contributed by atoms with van der Waals surface area (Å²) in [6.07, 6.45) is -3.14. The highest BCUT2D eigenvalue weighted by Crippen LogP contribution is 2.41. The van der Waals surface area contributed by atoms with Gasteiger partial charge in [-0.15, -0.1) is 0 Å². The van der Waals surface area contributed by atoms with Gasteiger partial charge in [0.05, 0.1) is 27.3 Å². The van der Waals surface area contributed by atoms with Gasteiger partial charge in [-0.3, -0.25) is 9.78 Å². The zero-order valence-corrected chi connectivity index (χ0v) is 21.5. The van der Waals surface area contributed by atoms with Crippen LogP contribution in [0.4, 0.5) is 13.2 Å². The average Bonchev–Trinajstić information content (AvgIpc) is 2.92. The van der Waals surface area contributed by atoms with Crippen LogP contribution in [-0.2, 0) is 27.4 Å². The zero-order valence-electron chi connectivity index (χ0n) is 20.7. The standard InChI is InChI=1S/C29H25F3N2O4S/c30-29(31,32)24-8-2-1-7-23(24)28(36)14-17-34(18-15-28)27(35)22-12-10-20(11-13-22)19-39(37,38)25-9-3-5-21-6-4-16-33-26(21)25/h1-13,16,36H,14-15,17-19H2. The van der Waals surface area contributed by atoms with E-state index in [1.165, 1.54) is 47.5 Å². The lowest BCUT2D eigenvalue weighted by Gasteiger charge is -2.39. The Morgan fingerprint density at radius 2 is 1.59 bits per heavy atom. The summed E-state index contributed by atoms with van der Waals surface area (Å²) in [4.78, 5) is 18.9. The molecule has 1 N–H and O–H groups in total. The summed E-state index contributed by atoms with van der Waals surface area (Å²) in [5.74, 6) is -0.610. The highest BCUT2D eigenvalue weighted by molar-refractivity contribution is 7.90. The Morgan fingerprint density at radius 3 is 2.28 bits per heavy atom. The molecule has 0 saturated carbocycles. The van der Waals surface area contributed by atoms with Crippen molar-refractivity contribution in [2.75, 3.05) is 13.1 Å². The molecular formula is C29H25F3N2O4S. The smallest absolute Gasteiger partial charge is 0.385 e. The topological polar surface area (TPSA) is 87.6 Å². The van der Waals surface area contributed by atoms with Crippen molar-refractivity contribution >= 4 is 26.6 Å². The summed E-state index contributed by atoms with van der Waals surface area (Å²) in [6, 6.07) is 19.7. The van der Waals surface area contributed by atoms with Gasteiger partial charge in [-0.05, 0) is 54.3 Å². The molecular weight excluding hydrogens is 529 g/mol. The molecule has 3 aromatic carbocycles. The summed E-state index contributed by atoms with van der Waals surface area (Å²) in [5, 5.41) is 11.8. The number of carbonyl (C=O) groups is 1. The van der Waals surface area contributed by atoms with E-state index in [4.69, 9.17) is 0 Å². The fourth-order valence-corrected chi connectivity index (χ4v) is 6.57. The Bertz CT molecular complexity index is 1620. The number of amides is 1. The largest absolute Gasteiger partial charge is 0.416 e. The predicted octanol–water partition coefficient (Wildman–Crippen LogP) is 5.35. The van der Waals surface area contributed by atoms with E-state index in [9.17, 15) is 31.5 Å². The number of alkyl halides is 3. The minimum atomic E-state index is -4.60. The summed E-state index contributed by atoms with van der Waals surface area (Å²) in [7, 11) is -3.71. The van der Waals surface area contributed by atoms with Crippen LogP contribution in [-0.4, -0.2) is 42.4 Å². The maximum Gasteiger partial charge on any atom is 0.416 e. The van der Waals surface area contributed by atoms with E-state index < -0.39 is 27.2 Å². The fourth-order valence-electron chi connectivity index (χ4n) is 5.04. The molecule has 0 atom stereocenters. The maximum absolute atomic E-state index is 13.5. The number of pyridine rings is 1. The molecule has 2 heterocycles. The Labute approximate surface area is 223 Å². The lowest BCUT2D eigenvalue weighted by Crippen LogP contribution is -2.45. The van der Waals surface area contributed by atoms with Gasteiger partial charge >= 0.3 is 6.18 Å². The van der Waals surface area contributed by atoms with Crippen LogP contribution >= 0.6 is 0 Å². The van der Waals surface area contributed by atoms with Crippen LogP contribution in [0.3, 0.4) is 0 Å². The molecule has 202 valence electrons. The minimum Gasteiger partial charge on any atom is -0.385 e. The monoisotopic (exact) mass is 554 g/mol. The second-order valence-corrected chi connectivity index (χ2v) is 11.6. The quantitative estimate of drug-likeness (QED) is 0.359. The van der Waals surface area contributed by atoms with E-state index >= 15 is 0 Å². The molecule has 0 unspecified atom stereocenters. The number of aliphatic hydroxyl groups is 1. The number of aromatic nitrogens is 1. The van der Waals surface area contributed by atoms with Gasteiger partial charge in [0, 0.05) is 30.2 Å². The molecule has 0 bridgehead atoms. The van der Waals surface area contributed by atoms with E-state index in [1.54, 1.807) is 36.4 Å². The fraction of sp³-hybridized carbons (Fsp3) is 0.241. The number of halogens is 3. The maximum atomic E-state index is 13.5. The minimum absolute atomic E-state index is 0.0404. The van der Waals surface area contributed by atoms with Crippen LogP contribution in [0.25, 0.3) is 10.9 Å². The van der Waals surface area contributed by atoms with Gasteiger partial charge in [-0.2, -0.15) is 13.2 Å². The number of piperidine rings is 1. The normalized spacial score (nSPS) is 15.8. The number of fused-ring (bicyclic) bond motifs is 1. The van der Waals surface area contributed by atoms with Crippen molar-refractivity contribution in [1.82, 2.24) is 9.88 Å². The van der Waals surface area contributed by atoms with E-state index in [0.717, 1.165) is 11.5 Å². The van der Waals surface area contributed by atoms with Crippen LogP contribution in [0.1, 0.15) is 39.9 Å². The molecule has 1 aromatic heterocycles. The Kier molecular flexibility index (Phi) is 6.94. The van der Waals surface area contributed by atoms with E-state index in [0.29, 0.717) is 16.6 Å². The third-order valence-corrected chi connectivity index (χ3v) is 8.81. The van der Waals surface area contributed by atoms with Gasteiger partial charge in [-0.25, -0.2) is 8.42 Å². The van der Waals surface area contributed by atoms with Crippen LogP contribution in [0, 0.1) is 0 Å². The Morgan fingerprint density at radius 1 is 0.923 bits per heavy atom.